The van der Waals surface area contributed by atoms with Crippen LogP contribution in [0.25, 0.3) is 10.9 Å². The highest BCUT2D eigenvalue weighted by Gasteiger charge is 2.22. The average molecular weight is 303 g/mol. The van der Waals surface area contributed by atoms with E-state index < -0.39 is 24.4 Å². The normalized spacial score (nSPS) is 12.3. The molecule has 0 saturated heterocycles. The van der Waals surface area contributed by atoms with E-state index in [-0.39, 0.29) is 5.92 Å². The smallest absolute Gasteiger partial charge is 0.326 e. The van der Waals surface area contributed by atoms with Gasteiger partial charge in [0.05, 0.1) is 11.9 Å². The molecule has 1 aromatic heterocycles. The largest absolute Gasteiger partial charge is 0.481 e. The number of hydrogen-bond acceptors (Lipinski definition) is 5. The standard InChI is InChI=1S/C15H17N3O4/c1-8(2)13-16-10-6-4-3-5-9(10)14(18-13)17-11(15(21)22)7-12(19)20/h3-6,8,11H,7H2,1-2H3,(H,19,20)(H,21,22)(H,16,17,18). The first kappa shape index (κ1) is 15.7. The fourth-order valence-electron chi connectivity index (χ4n) is 2.00. The molecule has 2 aromatic rings. The van der Waals surface area contributed by atoms with Gasteiger partial charge >= 0.3 is 11.9 Å². The fraction of sp³-hybridized carbons (Fsp3) is 0.333. The third kappa shape index (κ3) is 3.49. The van der Waals surface area contributed by atoms with E-state index in [2.05, 4.69) is 15.3 Å². The third-order valence-electron chi connectivity index (χ3n) is 3.12. The molecule has 0 spiro atoms. The minimum atomic E-state index is -1.25. The van der Waals surface area contributed by atoms with Gasteiger partial charge in [-0.25, -0.2) is 14.8 Å². The monoisotopic (exact) mass is 303 g/mol. The lowest BCUT2D eigenvalue weighted by Crippen LogP contribution is -2.32. The van der Waals surface area contributed by atoms with Crippen molar-refractivity contribution in [1.29, 1.82) is 0 Å². The van der Waals surface area contributed by atoms with E-state index in [1.165, 1.54) is 0 Å². The van der Waals surface area contributed by atoms with Gasteiger partial charge in [-0.3, -0.25) is 4.79 Å². The van der Waals surface area contributed by atoms with Gasteiger partial charge in [0, 0.05) is 11.3 Å². The maximum atomic E-state index is 11.2. The Bertz CT molecular complexity index is 715. The summed E-state index contributed by atoms with van der Waals surface area (Å²) in [5, 5.41) is 21.4. The van der Waals surface area contributed by atoms with Gasteiger partial charge in [0.25, 0.3) is 0 Å². The lowest BCUT2D eigenvalue weighted by atomic mass is 10.1. The topological polar surface area (TPSA) is 112 Å². The summed E-state index contributed by atoms with van der Waals surface area (Å²) in [5.41, 5.74) is 0.683. The Morgan fingerprint density at radius 3 is 2.45 bits per heavy atom. The zero-order chi connectivity index (χ0) is 16.3. The summed E-state index contributed by atoms with van der Waals surface area (Å²) in [5.74, 6) is -1.46. The van der Waals surface area contributed by atoms with Crippen molar-refractivity contribution in [3.8, 4) is 0 Å². The molecular weight excluding hydrogens is 286 g/mol. The lowest BCUT2D eigenvalue weighted by Gasteiger charge is -2.16. The van der Waals surface area contributed by atoms with Crippen LogP contribution < -0.4 is 5.32 Å². The maximum Gasteiger partial charge on any atom is 0.326 e. The molecule has 7 nitrogen and oxygen atoms in total. The van der Waals surface area contributed by atoms with Crippen molar-refractivity contribution in [2.75, 3.05) is 5.32 Å². The van der Waals surface area contributed by atoms with E-state index in [0.29, 0.717) is 22.5 Å². The molecule has 0 aliphatic carbocycles. The second kappa shape index (κ2) is 6.38. The minimum absolute atomic E-state index is 0.0629. The number of fused-ring (bicyclic) bond motifs is 1. The number of carboxylic acid groups (broad SMARTS) is 2. The van der Waals surface area contributed by atoms with Gasteiger partial charge in [0.15, 0.2) is 0 Å². The molecule has 0 amide bonds. The highest BCUT2D eigenvalue weighted by atomic mass is 16.4. The van der Waals surface area contributed by atoms with E-state index in [1.54, 1.807) is 18.2 Å². The first-order valence-corrected chi connectivity index (χ1v) is 6.86. The quantitative estimate of drug-likeness (QED) is 0.749. The number of nitrogens with zero attached hydrogens (tertiary/aromatic N) is 2. The summed E-state index contributed by atoms with van der Waals surface area (Å²) in [7, 11) is 0. The van der Waals surface area contributed by atoms with Crippen LogP contribution in [0.2, 0.25) is 0 Å². The Balaban J connectivity index is 2.48. The van der Waals surface area contributed by atoms with Crippen molar-refractivity contribution < 1.29 is 19.8 Å². The molecule has 1 aromatic carbocycles. The van der Waals surface area contributed by atoms with Crippen molar-refractivity contribution in [2.45, 2.75) is 32.2 Å². The molecule has 0 saturated carbocycles. The number of aromatic nitrogens is 2. The Morgan fingerprint density at radius 2 is 1.86 bits per heavy atom. The zero-order valence-electron chi connectivity index (χ0n) is 12.3. The number of para-hydroxylation sites is 1. The van der Waals surface area contributed by atoms with Crippen molar-refractivity contribution in [2.24, 2.45) is 0 Å². The number of hydrogen-bond donors (Lipinski definition) is 3. The van der Waals surface area contributed by atoms with Crippen LogP contribution in [-0.2, 0) is 9.59 Å². The van der Waals surface area contributed by atoms with Crippen LogP contribution in [0.4, 0.5) is 5.82 Å². The van der Waals surface area contributed by atoms with Gasteiger partial charge in [-0.05, 0) is 12.1 Å². The van der Waals surface area contributed by atoms with Crippen LogP contribution in [0.1, 0.15) is 32.0 Å². The summed E-state index contributed by atoms with van der Waals surface area (Å²) in [6, 6.07) is 5.94. The Kier molecular flexibility index (Phi) is 4.55. The zero-order valence-corrected chi connectivity index (χ0v) is 12.3. The average Bonchev–Trinajstić information content (AvgIpc) is 2.45. The van der Waals surface area contributed by atoms with Crippen LogP contribution >= 0.6 is 0 Å². The molecule has 0 aliphatic rings. The van der Waals surface area contributed by atoms with Gasteiger partial charge in [0.2, 0.25) is 0 Å². The molecule has 3 N–H and O–H groups in total. The molecule has 0 aliphatic heterocycles. The fourth-order valence-corrected chi connectivity index (χ4v) is 2.00. The summed E-state index contributed by atoms with van der Waals surface area (Å²) in [4.78, 5) is 30.8. The molecule has 2 rings (SSSR count). The predicted octanol–water partition coefficient (Wildman–Crippen LogP) is 2.09. The second-order valence-electron chi connectivity index (χ2n) is 5.24. The first-order valence-electron chi connectivity index (χ1n) is 6.86. The van der Waals surface area contributed by atoms with Gasteiger partial charge in [0.1, 0.15) is 17.7 Å². The number of rotatable bonds is 6. The van der Waals surface area contributed by atoms with E-state index >= 15 is 0 Å². The van der Waals surface area contributed by atoms with Gasteiger partial charge in [-0.15, -0.1) is 0 Å². The number of benzene rings is 1. The number of carboxylic acids is 2. The molecular formula is C15H17N3O4. The summed E-state index contributed by atoms with van der Waals surface area (Å²) in [6.45, 7) is 3.86. The van der Waals surface area contributed by atoms with E-state index in [9.17, 15) is 9.59 Å². The molecule has 7 heteroatoms. The number of anilines is 1. The molecule has 0 bridgehead atoms. The highest BCUT2D eigenvalue weighted by molar-refractivity contribution is 5.92. The SMILES string of the molecule is CC(C)c1nc(NC(CC(=O)O)C(=O)O)c2ccccc2n1. The van der Waals surface area contributed by atoms with Gasteiger partial charge in [-0.2, -0.15) is 0 Å². The van der Waals surface area contributed by atoms with Crippen LogP contribution in [-0.4, -0.2) is 38.2 Å². The molecule has 22 heavy (non-hydrogen) atoms. The van der Waals surface area contributed by atoms with Gasteiger partial charge < -0.3 is 15.5 Å². The van der Waals surface area contributed by atoms with Crippen LogP contribution in [0.15, 0.2) is 24.3 Å². The highest BCUT2D eigenvalue weighted by Crippen LogP contribution is 2.23. The number of nitrogens with one attached hydrogen (secondary N) is 1. The Labute approximate surface area is 127 Å². The van der Waals surface area contributed by atoms with E-state index in [4.69, 9.17) is 10.2 Å². The van der Waals surface area contributed by atoms with Crippen molar-refractivity contribution in [3.05, 3.63) is 30.1 Å². The number of aliphatic carboxylic acids is 2. The molecule has 0 fully saturated rings. The van der Waals surface area contributed by atoms with E-state index in [0.717, 1.165) is 0 Å². The van der Waals surface area contributed by atoms with E-state index in [1.807, 2.05) is 19.9 Å². The lowest BCUT2D eigenvalue weighted by molar-refractivity contribution is -0.144. The Morgan fingerprint density at radius 1 is 1.18 bits per heavy atom. The second-order valence-corrected chi connectivity index (χ2v) is 5.24. The minimum Gasteiger partial charge on any atom is -0.481 e. The number of carbonyl (C=O) groups is 2. The first-order chi connectivity index (χ1) is 10.4. The molecule has 1 unspecified atom stereocenters. The predicted molar refractivity (Wildman–Crippen MR) is 80.9 cm³/mol. The van der Waals surface area contributed by atoms with Gasteiger partial charge in [-0.1, -0.05) is 26.0 Å². The van der Waals surface area contributed by atoms with Crippen molar-refractivity contribution in [1.82, 2.24) is 9.97 Å². The summed E-state index contributed by atoms with van der Waals surface area (Å²) < 4.78 is 0. The summed E-state index contributed by atoms with van der Waals surface area (Å²) >= 11 is 0. The Hall–Kier alpha value is -2.70. The molecule has 1 heterocycles. The van der Waals surface area contributed by atoms with Crippen molar-refractivity contribution >= 4 is 28.7 Å². The third-order valence-corrected chi connectivity index (χ3v) is 3.12. The molecule has 1 atom stereocenters. The molecule has 116 valence electrons. The van der Waals surface area contributed by atoms with Crippen LogP contribution in [0.5, 0.6) is 0 Å². The van der Waals surface area contributed by atoms with Crippen LogP contribution in [0, 0.1) is 0 Å². The molecule has 0 radical (unpaired) electrons. The maximum absolute atomic E-state index is 11.2. The van der Waals surface area contributed by atoms with Crippen molar-refractivity contribution in [3.63, 3.8) is 0 Å². The van der Waals surface area contributed by atoms with Crippen LogP contribution in [0.3, 0.4) is 0 Å². The summed E-state index contributed by atoms with van der Waals surface area (Å²) in [6.07, 6.45) is -0.537.